The number of hydrogen-bond donors (Lipinski definition) is 0. The molecule has 2 heteroatoms. The Hall–Kier alpha value is -0.810. The second-order valence-electron chi connectivity index (χ2n) is 3.35. The fourth-order valence-electron chi connectivity index (χ4n) is 0.986. The van der Waals surface area contributed by atoms with Gasteiger partial charge in [-0.2, -0.15) is 5.26 Å². The molecule has 0 unspecified atom stereocenters. The van der Waals surface area contributed by atoms with Crippen molar-refractivity contribution in [2.75, 3.05) is 0 Å². The average molecular weight is 179 g/mol. The van der Waals surface area contributed by atoms with Crippen LogP contribution in [0.25, 0.3) is 0 Å². The van der Waals surface area contributed by atoms with Gasteiger partial charge in [-0.1, -0.05) is 20.8 Å². The molecular formula is C10H13NS. The topological polar surface area (TPSA) is 23.8 Å². The van der Waals surface area contributed by atoms with Crippen molar-refractivity contribution in [1.82, 2.24) is 0 Å². The highest BCUT2D eigenvalue weighted by molar-refractivity contribution is 7.12. The summed E-state index contributed by atoms with van der Waals surface area (Å²) >= 11 is 1.61. The van der Waals surface area contributed by atoms with Gasteiger partial charge in [0, 0.05) is 4.88 Å². The van der Waals surface area contributed by atoms with Crippen LogP contribution in [0.3, 0.4) is 0 Å². The van der Waals surface area contributed by atoms with Gasteiger partial charge in [-0.05, 0) is 24.0 Å². The van der Waals surface area contributed by atoms with Crippen LogP contribution >= 0.6 is 11.3 Å². The molecule has 64 valence electrons. The maximum absolute atomic E-state index is 8.63. The zero-order valence-electron chi connectivity index (χ0n) is 7.66. The molecule has 0 saturated carbocycles. The van der Waals surface area contributed by atoms with Gasteiger partial charge in [0.15, 0.2) is 0 Å². The molecule has 0 aliphatic rings. The molecule has 0 spiro atoms. The molecule has 1 nitrogen and oxygen atoms in total. The van der Waals surface area contributed by atoms with Gasteiger partial charge in [0.05, 0.1) is 0 Å². The van der Waals surface area contributed by atoms with E-state index in [1.165, 1.54) is 4.88 Å². The highest BCUT2D eigenvalue weighted by Crippen LogP contribution is 2.29. The minimum Gasteiger partial charge on any atom is -0.192 e. The fourth-order valence-corrected chi connectivity index (χ4v) is 2.02. The van der Waals surface area contributed by atoms with Gasteiger partial charge in [0.2, 0.25) is 0 Å². The highest BCUT2D eigenvalue weighted by Gasteiger charge is 2.11. The SMILES string of the molecule is CC(C)[C@H](C)c1ccc(C#N)s1. The molecule has 1 rings (SSSR count). The Kier molecular flexibility index (Phi) is 2.88. The molecule has 0 saturated heterocycles. The monoisotopic (exact) mass is 179 g/mol. The molecule has 1 aromatic rings. The molecular weight excluding hydrogens is 166 g/mol. The zero-order chi connectivity index (χ0) is 9.14. The normalized spacial score (nSPS) is 12.9. The van der Waals surface area contributed by atoms with Crippen LogP contribution in [0.4, 0.5) is 0 Å². The van der Waals surface area contributed by atoms with Crippen molar-refractivity contribution in [2.24, 2.45) is 5.92 Å². The Labute approximate surface area is 77.7 Å². The first-order valence-electron chi connectivity index (χ1n) is 4.15. The van der Waals surface area contributed by atoms with Gasteiger partial charge < -0.3 is 0 Å². The summed E-state index contributed by atoms with van der Waals surface area (Å²) in [6.45, 7) is 6.62. The highest BCUT2D eigenvalue weighted by atomic mass is 32.1. The maximum Gasteiger partial charge on any atom is 0.110 e. The summed E-state index contributed by atoms with van der Waals surface area (Å²) in [6.07, 6.45) is 0. The Morgan fingerprint density at radius 3 is 2.42 bits per heavy atom. The minimum absolute atomic E-state index is 0.567. The lowest BCUT2D eigenvalue weighted by Crippen LogP contribution is -1.98. The first-order chi connectivity index (χ1) is 5.65. The van der Waals surface area contributed by atoms with E-state index in [0.29, 0.717) is 11.8 Å². The molecule has 1 aromatic heterocycles. The molecule has 0 aliphatic heterocycles. The van der Waals surface area contributed by atoms with Crippen LogP contribution in [-0.2, 0) is 0 Å². The molecule has 0 amide bonds. The van der Waals surface area contributed by atoms with E-state index in [1.54, 1.807) is 11.3 Å². The minimum atomic E-state index is 0.567. The van der Waals surface area contributed by atoms with E-state index in [4.69, 9.17) is 5.26 Å². The zero-order valence-corrected chi connectivity index (χ0v) is 8.48. The predicted octanol–water partition coefficient (Wildman–Crippen LogP) is 3.38. The van der Waals surface area contributed by atoms with Gasteiger partial charge in [-0.25, -0.2) is 0 Å². The van der Waals surface area contributed by atoms with Crippen molar-refractivity contribution < 1.29 is 0 Å². The van der Waals surface area contributed by atoms with E-state index < -0.39 is 0 Å². The number of rotatable bonds is 2. The largest absolute Gasteiger partial charge is 0.192 e. The Morgan fingerprint density at radius 2 is 2.00 bits per heavy atom. The van der Waals surface area contributed by atoms with Gasteiger partial charge in [0.25, 0.3) is 0 Å². The summed E-state index contributed by atoms with van der Waals surface area (Å²) in [4.78, 5) is 2.14. The van der Waals surface area contributed by atoms with E-state index in [1.807, 2.05) is 6.07 Å². The van der Waals surface area contributed by atoms with Crippen molar-refractivity contribution in [2.45, 2.75) is 26.7 Å². The molecule has 12 heavy (non-hydrogen) atoms. The van der Waals surface area contributed by atoms with Crippen LogP contribution in [0.1, 0.15) is 36.4 Å². The number of nitriles is 1. The van der Waals surface area contributed by atoms with E-state index in [2.05, 4.69) is 32.9 Å². The molecule has 1 atom stereocenters. The van der Waals surface area contributed by atoms with E-state index in [-0.39, 0.29) is 0 Å². The molecule has 0 fully saturated rings. The lowest BCUT2D eigenvalue weighted by atomic mass is 9.97. The van der Waals surface area contributed by atoms with Gasteiger partial charge in [-0.3, -0.25) is 0 Å². The van der Waals surface area contributed by atoms with Crippen LogP contribution in [0.5, 0.6) is 0 Å². The van der Waals surface area contributed by atoms with Crippen LogP contribution in [0, 0.1) is 17.2 Å². The first-order valence-corrected chi connectivity index (χ1v) is 4.96. The number of hydrogen-bond acceptors (Lipinski definition) is 2. The third kappa shape index (κ3) is 1.86. The Balaban J connectivity index is 2.83. The molecule has 0 radical (unpaired) electrons. The molecule has 0 aromatic carbocycles. The van der Waals surface area contributed by atoms with Crippen molar-refractivity contribution >= 4 is 11.3 Å². The number of thiophene rings is 1. The second kappa shape index (κ2) is 3.73. The molecule has 0 bridgehead atoms. The summed E-state index contributed by atoms with van der Waals surface area (Å²) in [6, 6.07) is 6.12. The summed E-state index contributed by atoms with van der Waals surface area (Å²) in [5.74, 6) is 1.22. The summed E-state index contributed by atoms with van der Waals surface area (Å²) in [5.41, 5.74) is 0. The second-order valence-corrected chi connectivity index (χ2v) is 4.46. The van der Waals surface area contributed by atoms with Crippen LogP contribution in [-0.4, -0.2) is 0 Å². The van der Waals surface area contributed by atoms with Crippen LogP contribution < -0.4 is 0 Å². The quantitative estimate of drug-likeness (QED) is 0.682. The summed E-state index contributed by atoms with van der Waals surface area (Å²) < 4.78 is 0. The van der Waals surface area contributed by atoms with Crippen LogP contribution in [0.15, 0.2) is 12.1 Å². The first kappa shape index (κ1) is 9.28. The van der Waals surface area contributed by atoms with E-state index in [9.17, 15) is 0 Å². The lowest BCUT2D eigenvalue weighted by Gasteiger charge is -2.12. The molecule has 1 heterocycles. The van der Waals surface area contributed by atoms with Crippen molar-refractivity contribution in [3.05, 3.63) is 21.9 Å². The summed E-state index contributed by atoms with van der Waals surface area (Å²) in [7, 11) is 0. The Morgan fingerprint density at radius 1 is 1.33 bits per heavy atom. The van der Waals surface area contributed by atoms with Crippen molar-refractivity contribution in [3.8, 4) is 6.07 Å². The van der Waals surface area contributed by atoms with Gasteiger partial charge >= 0.3 is 0 Å². The molecule has 0 N–H and O–H groups in total. The van der Waals surface area contributed by atoms with Crippen molar-refractivity contribution in [3.63, 3.8) is 0 Å². The third-order valence-corrected chi connectivity index (χ3v) is 3.38. The fraction of sp³-hybridized carbons (Fsp3) is 0.500. The molecule has 0 aliphatic carbocycles. The van der Waals surface area contributed by atoms with Gasteiger partial charge in [0.1, 0.15) is 10.9 Å². The number of nitrogens with zero attached hydrogens (tertiary/aromatic N) is 1. The maximum atomic E-state index is 8.63. The van der Waals surface area contributed by atoms with Crippen molar-refractivity contribution in [1.29, 1.82) is 5.26 Å². The third-order valence-electron chi connectivity index (χ3n) is 2.19. The van der Waals surface area contributed by atoms with E-state index >= 15 is 0 Å². The standard InChI is InChI=1S/C10H13NS/c1-7(2)8(3)10-5-4-9(6-11)12-10/h4-5,7-8H,1-3H3/t8-/m0/s1. The Bertz CT molecular complexity index is 293. The van der Waals surface area contributed by atoms with E-state index in [0.717, 1.165) is 4.88 Å². The predicted molar refractivity (Wildman–Crippen MR) is 52.3 cm³/mol. The lowest BCUT2D eigenvalue weighted by molar-refractivity contribution is 0.542. The average Bonchev–Trinajstić information content (AvgIpc) is 2.50. The van der Waals surface area contributed by atoms with Gasteiger partial charge in [-0.15, -0.1) is 11.3 Å². The van der Waals surface area contributed by atoms with Crippen LogP contribution in [0.2, 0.25) is 0 Å². The summed E-state index contributed by atoms with van der Waals surface area (Å²) in [5, 5.41) is 8.63. The smallest absolute Gasteiger partial charge is 0.110 e.